The van der Waals surface area contributed by atoms with E-state index in [-0.39, 0.29) is 0 Å². The van der Waals surface area contributed by atoms with Crippen molar-refractivity contribution in [1.82, 2.24) is 4.98 Å². The highest BCUT2D eigenvalue weighted by atomic mass is 79.9. The molecule has 5 heteroatoms. The Balaban J connectivity index is 2.58. The third-order valence-corrected chi connectivity index (χ3v) is 3.84. The Morgan fingerprint density at radius 2 is 2.11 bits per heavy atom. The second-order valence-corrected chi connectivity index (χ2v) is 6.19. The number of rotatable bonds is 3. The number of aromatic nitrogens is 1. The van der Waals surface area contributed by atoms with Gasteiger partial charge in [-0.15, -0.1) is 0 Å². The fraction of sp³-hybridized carbons (Fsp3) is 0.357. The highest BCUT2D eigenvalue weighted by Gasteiger charge is 2.25. The number of nitrogens with one attached hydrogen (secondary N) is 1. The monoisotopic (exact) mass is 323 g/mol. The van der Waals surface area contributed by atoms with E-state index < -0.39 is 11.6 Å². The fourth-order valence-electron chi connectivity index (χ4n) is 1.75. The molecule has 0 saturated carbocycles. The molecule has 102 valence electrons. The maximum Gasteiger partial charge on any atom is 0.0743 e. The second kappa shape index (κ2) is 4.98. The molecule has 0 aliphatic heterocycles. The summed E-state index contributed by atoms with van der Waals surface area (Å²) in [6.07, 6.45) is 1.12. The lowest BCUT2D eigenvalue weighted by Crippen LogP contribution is -2.42. The highest BCUT2D eigenvalue weighted by molar-refractivity contribution is 9.10. The summed E-state index contributed by atoms with van der Waals surface area (Å²) in [5.74, 6) is 0. The third kappa shape index (κ3) is 2.82. The number of halogens is 1. The van der Waals surface area contributed by atoms with E-state index in [4.69, 9.17) is 5.73 Å². The predicted octanol–water partition coefficient (Wildman–Crippen LogP) is 3.15. The van der Waals surface area contributed by atoms with Crippen molar-refractivity contribution in [1.29, 1.82) is 0 Å². The molecule has 0 spiro atoms. The molecule has 1 aromatic heterocycles. The molecule has 1 aromatic carbocycles. The number of aliphatic hydroxyl groups is 1. The molecule has 4 nitrogen and oxygen atoms in total. The van der Waals surface area contributed by atoms with Crippen LogP contribution in [0.3, 0.4) is 0 Å². The van der Waals surface area contributed by atoms with Gasteiger partial charge in [0, 0.05) is 9.86 Å². The van der Waals surface area contributed by atoms with Crippen LogP contribution in [0.2, 0.25) is 0 Å². The SMILES string of the molecule is CC(O)C(C)(C)Nc1c(N)cnc2ccc(Br)cc12. The molecule has 4 N–H and O–H groups in total. The van der Waals surface area contributed by atoms with Crippen LogP contribution in [-0.2, 0) is 0 Å². The van der Waals surface area contributed by atoms with Gasteiger partial charge in [-0.25, -0.2) is 0 Å². The summed E-state index contributed by atoms with van der Waals surface area (Å²) in [5, 5.41) is 14.1. The van der Waals surface area contributed by atoms with Crippen LogP contribution in [0.1, 0.15) is 20.8 Å². The van der Waals surface area contributed by atoms with Gasteiger partial charge in [-0.1, -0.05) is 15.9 Å². The lowest BCUT2D eigenvalue weighted by molar-refractivity contribution is 0.133. The van der Waals surface area contributed by atoms with Gasteiger partial charge in [-0.05, 0) is 39.0 Å². The first-order valence-electron chi connectivity index (χ1n) is 6.11. The summed E-state index contributed by atoms with van der Waals surface area (Å²) < 4.78 is 0.963. The third-order valence-electron chi connectivity index (χ3n) is 3.35. The first kappa shape index (κ1) is 14.1. The molecule has 1 atom stereocenters. The Morgan fingerprint density at radius 1 is 1.42 bits per heavy atom. The van der Waals surface area contributed by atoms with Crippen LogP contribution < -0.4 is 11.1 Å². The highest BCUT2D eigenvalue weighted by Crippen LogP contribution is 2.32. The minimum Gasteiger partial charge on any atom is -0.396 e. The van der Waals surface area contributed by atoms with Gasteiger partial charge in [0.2, 0.25) is 0 Å². The van der Waals surface area contributed by atoms with Crippen LogP contribution in [0, 0.1) is 0 Å². The van der Waals surface area contributed by atoms with Crippen molar-refractivity contribution in [2.75, 3.05) is 11.1 Å². The Labute approximate surface area is 121 Å². The lowest BCUT2D eigenvalue weighted by atomic mass is 9.97. The standard InChI is InChI=1S/C14H18BrN3O/c1-8(19)14(2,3)18-13-10-6-9(15)4-5-12(10)17-7-11(13)16/h4-8,19H,16H2,1-3H3,(H,17,18). The van der Waals surface area contributed by atoms with Crippen molar-refractivity contribution in [2.24, 2.45) is 0 Å². The molecule has 2 rings (SSSR count). The Bertz CT molecular complexity index is 606. The van der Waals surface area contributed by atoms with E-state index in [1.807, 2.05) is 32.0 Å². The van der Waals surface area contributed by atoms with E-state index in [9.17, 15) is 5.11 Å². The largest absolute Gasteiger partial charge is 0.396 e. The van der Waals surface area contributed by atoms with Gasteiger partial charge in [-0.2, -0.15) is 0 Å². The Kier molecular flexibility index (Phi) is 3.69. The fourth-order valence-corrected chi connectivity index (χ4v) is 2.11. The number of fused-ring (bicyclic) bond motifs is 1. The van der Waals surface area contributed by atoms with Gasteiger partial charge < -0.3 is 16.2 Å². The summed E-state index contributed by atoms with van der Waals surface area (Å²) in [4.78, 5) is 4.31. The summed E-state index contributed by atoms with van der Waals surface area (Å²) in [7, 11) is 0. The zero-order valence-corrected chi connectivity index (χ0v) is 12.8. The maximum absolute atomic E-state index is 9.83. The molecule has 0 amide bonds. The van der Waals surface area contributed by atoms with Crippen molar-refractivity contribution >= 4 is 38.2 Å². The smallest absolute Gasteiger partial charge is 0.0743 e. The number of nitrogen functional groups attached to an aromatic ring is 1. The van der Waals surface area contributed by atoms with Gasteiger partial charge in [0.05, 0.1) is 34.7 Å². The maximum atomic E-state index is 9.83. The molecule has 0 aliphatic rings. The molecule has 0 bridgehead atoms. The minimum absolute atomic E-state index is 0.481. The summed E-state index contributed by atoms with van der Waals surface area (Å²) >= 11 is 3.45. The van der Waals surface area contributed by atoms with Crippen LogP contribution in [0.5, 0.6) is 0 Å². The zero-order chi connectivity index (χ0) is 14.2. The van der Waals surface area contributed by atoms with Gasteiger partial charge in [0.15, 0.2) is 0 Å². The molecule has 1 heterocycles. The van der Waals surface area contributed by atoms with E-state index in [1.165, 1.54) is 0 Å². The number of benzene rings is 1. The predicted molar refractivity (Wildman–Crippen MR) is 83.2 cm³/mol. The number of hydrogen-bond donors (Lipinski definition) is 3. The van der Waals surface area contributed by atoms with Gasteiger partial charge >= 0.3 is 0 Å². The summed E-state index contributed by atoms with van der Waals surface area (Å²) in [6.45, 7) is 5.62. The minimum atomic E-state index is -0.512. The van der Waals surface area contributed by atoms with Crippen LogP contribution in [0.15, 0.2) is 28.9 Å². The summed E-state index contributed by atoms with van der Waals surface area (Å²) in [5.41, 5.74) is 7.77. The Morgan fingerprint density at radius 3 is 2.74 bits per heavy atom. The number of nitrogens with zero attached hydrogens (tertiary/aromatic N) is 1. The van der Waals surface area contributed by atoms with E-state index in [1.54, 1.807) is 13.1 Å². The lowest BCUT2D eigenvalue weighted by Gasteiger charge is -2.31. The van der Waals surface area contributed by atoms with Crippen molar-refractivity contribution in [3.05, 3.63) is 28.9 Å². The van der Waals surface area contributed by atoms with E-state index >= 15 is 0 Å². The van der Waals surface area contributed by atoms with E-state index in [0.29, 0.717) is 5.69 Å². The number of hydrogen-bond acceptors (Lipinski definition) is 4. The summed E-state index contributed by atoms with van der Waals surface area (Å²) in [6, 6.07) is 5.84. The number of nitrogens with two attached hydrogens (primary N) is 1. The topological polar surface area (TPSA) is 71.2 Å². The molecule has 2 aromatic rings. The molecule has 0 aliphatic carbocycles. The molecule has 19 heavy (non-hydrogen) atoms. The Hall–Kier alpha value is -1.33. The van der Waals surface area contributed by atoms with Crippen LogP contribution in [-0.4, -0.2) is 21.7 Å². The average molecular weight is 324 g/mol. The number of pyridine rings is 1. The molecular formula is C14H18BrN3O. The van der Waals surface area contributed by atoms with E-state index in [0.717, 1.165) is 21.1 Å². The molecule has 0 radical (unpaired) electrons. The van der Waals surface area contributed by atoms with Crippen molar-refractivity contribution in [3.63, 3.8) is 0 Å². The van der Waals surface area contributed by atoms with Crippen LogP contribution in [0.4, 0.5) is 11.4 Å². The van der Waals surface area contributed by atoms with Gasteiger partial charge in [0.1, 0.15) is 0 Å². The van der Waals surface area contributed by atoms with Crippen molar-refractivity contribution in [3.8, 4) is 0 Å². The van der Waals surface area contributed by atoms with Gasteiger partial charge in [-0.3, -0.25) is 4.98 Å². The molecular weight excluding hydrogens is 306 g/mol. The van der Waals surface area contributed by atoms with E-state index in [2.05, 4.69) is 26.2 Å². The number of aliphatic hydroxyl groups excluding tert-OH is 1. The molecule has 1 unspecified atom stereocenters. The first-order chi connectivity index (χ1) is 8.81. The molecule has 0 saturated heterocycles. The van der Waals surface area contributed by atoms with Crippen LogP contribution in [0.25, 0.3) is 10.9 Å². The molecule has 0 fully saturated rings. The number of anilines is 2. The van der Waals surface area contributed by atoms with Gasteiger partial charge in [0.25, 0.3) is 0 Å². The van der Waals surface area contributed by atoms with Crippen LogP contribution >= 0.6 is 15.9 Å². The zero-order valence-electron chi connectivity index (χ0n) is 11.2. The van der Waals surface area contributed by atoms with Crippen molar-refractivity contribution in [2.45, 2.75) is 32.4 Å². The quantitative estimate of drug-likeness (QED) is 0.811. The first-order valence-corrected chi connectivity index (χ1v) is 6.90. The second-order valence-electron chi connectivity index (χ2n) is 5.27. The average Bonchev–Trinajstić information content (AvgIpc) is 2.33. The normalized spacial score (nSPS) is 13.5. The van der Waals surface area contributed by atoms with Crippen molar-refractivity contribution < 1.29 is 5.11 Å².